The molecule has 4 rings (SSSR count). The van der Waals surface area contributed by atoms with Gasteiger partial charge < -0.3 is 9.47 Å². The number of imidazole rings is 1. The molecule has 1 amide bonds. The number of rotatable bonds is 6. The van der Waals surface area contributed by atoms with Crippen molar-refractivity contribution < 1.29 is 13.2 Å². The number of hydrogen-bond acceptors (Lipinski definition) is 5. The molecule has 1 saturated heterocycles. The normalized spacial score (nSPS) is 16.0. The maximum absolute atomic E-state index is 13.1. The maximum Gasteiger partial charge on any atom is 0.243 e. The number of carbonyl (C=O) groups is 1. The van der Waals surface area contributed by atoms with Crippen LogP contribution >= 0.6 is 11.8 Å². The maximum atomic E-state index is 13.1. The Kier molecular flexibility index (Phi) is 6.92. The topological polar surface area (TPSA) is 75.5 Å². The molecule has 33 heavy (non-hydrogen) atoms. The quantitative estimate of drug-likeness (QED) is 0.501. The average Bonchev–Trinajstić information content (AvgIpc) is 3.19. The summed E-state index contributed by atoms with van der Waals surface area (Å²) in [5.74, 6) is -0.00311. The molecular weight excluding hydrogens is 456 g/mol. The Labute approximate surface area is 199 Å². The van der Waals surface area contributed by atoms with E-state index >= 15 is 0 Å². The lowest BCUT2D eigenvalue weighted by molar-refractivity contribution is -0.131. The van der Waals surface area contributed by atoms with Crippen molar-refractivity contribution in [1.29, 1.82) is 0 Å². The van der Waals surface area contributed by atoms with Gasteiger partial charge in [-0.1, -0.05) is 59.8 Å². The molecular formula is C24H28N4O3S2. The van der Waals surface area contributed by atoms with E-state index in [1.54, 1.807) is 35.2 Å². The molecule has 0 radical (unpaired) electrons. The third kappa shape index (κ3) is 5.00. The molecule has 0 bridgehead atoms. The molecule has 1 aromatic heterocycles. The van der Waals surface area contributed by atoms with E-state index in [4.69, 9.17) is 0 Å². The highest BCUT2D eigenvalue weighted by atomic mass is 32.2. The highest BCUT2D eigenvalue weighted by Crippen LogP contribution is 2.29. The Hall–Kier alpha value is -2.62. The van der Waals surface area contributed by atoms with Crippen LogP contribution in [0.15, 0.2) is 70.8 Å². The Morgan fingerprint density at radius 3 is 2.27 bits per heavy atom. The van der Waals surface area contributed by atoms with E-state index in [1.165, 1.54) is 21.6 Å². The number of aromatic nitrogens is 2. The minimum absolute atomic E-state index is 0.00311. The van der Waals surface area contributed by atoms with Gasteiger partial charge in [0.2, 0.25) is 15.9 Å². The van der Waals surface area contributed by atoms with Crippen LogP contribution in [0, 0.1) is 6.92 Å². The van der Waals surface area contributed by atoms with Crippen LogP contribution < -0.4 is 0 Å². The first kappa shape index (κ1) is 23.5. The van der Waals surface area contributed by atoms with Crippen molar-refractivity contribution in [3.05, 3.63) is 66.4 Å². The largest absolute Gasteiger partial charge is 0.339 e. The third-order valence-electron chi connectivity index (χ3n) is 5.85. The van der Waals surface area contributed by atoms with Gasteiger partial charge in [0, 0.05) is 33.2 Å². The van der Waals surface area contributed by atoms with Crippen LogP contribution in [0.4, 0.5) is 0 Å². The van der Waals surface area contributed by atoms with E-state index in [0.29, 0.717) is 26.2 Å². The van der Waals surface area contributed by atoms with E-state index in [2.05, 4.69) is 36.2 Å². The van der Waals surface area contributed by atoms with Gasteiger partial charge in [-0.2, -0.15) is 4.31 Å². The zero-order valence-corrected chi connectivity index (χ0v) is 20.6. The van der Waals surface area contributed by atoms with Crippen LogP contribution in [0.1, 0.15) is 12.5 Å². The van der Waals surface area contributed by atoms with Gasteiger partial charge in [0.1, 0.15) is 0 Å². The Balaban J connectivity index is 1.37. The molecule has 1 fully saturated rings. The highest BCUT2D eigenvalue weighted by Gasteiger charge is 2.32. The molecule has 0 aliphatic carbocycles. The molecule has 1 atom stereocenters. The summed E-state index contributed by atoms with van der Waals surface area (Å²) in [6.45, 7) is 5.27. The van der Waals surface area contributed by atoms with E-state index < -0.39 is 10.0 Å². The lowest BCUT2D eigenvalue weighted by Crippen LogP contribution is -2.52. The molecule has 1 aliphatic rings. The lowest BCUT2D eigenvalue weighted by Gasteiger charge is -2.35. The van der Waals surface area contributed by atoms with Gasteiger partial charge in [0.25, 0.3) is 0 Å². The second-order valence-corrected chi connectivity index (χ2v) is 11.4. The summed E-state index contributed by atoms with van der Waals surface area (Å²) in [7, 11) is -1.58. The fourth-order valence-corrected chi connectivity index (χ4v) is 6.23. The Morgan fingerprint density at radius 2 is 1.64 bits per heavy atom. The number of aryl methyl sites for hydroxylation is 1. The molecule has 0 saturated carbocycles. The van der Waals surface area contributed by atoms with Crippen molar-refractivity contribution >= 4 is 27.7 Å². The molecule has 2 aromatic carbocycles. The van der Waals surface area contributed by atoms with E-state index in [0.717, 1.165) is 16.4 Å². The molecule has 0 unspecified atom stereocenters. The summed E-state index contributed by atoms with van der Waals surface area (Å²) in [6.07, 6.45) is 1.83. The summed E-state index contributed by atoms with van der Waals surface area (Å²) < 4.78 is 29.1. The number of thioether (sulfide) groups is 1. The Bertz CT molecular complexity index is 1220. The summed E-state index contributed by atoms with van der Waals surface area (Å²) >= 11 is 1.42. The molecule has 2 heterocycles. The minimum Gasteiger partial charge on any atom is -0.339 e. The van der Waals surface area contributed by atoms with Crippen molar-refractivity contribution in [2.75, 3.05) is 26.2 Å². The molecule has 0 spiro atoms. The average molecular weight is 485 g/mol. The van der Waals surface area contributed by atoms with E-state index in [9.17, 15) is 13.2 Å². The van der Waals surface area contributed by atoms with Crippen molar-refractivity contribution in [2.24, 2.45) is 7.05 Å². The molecule has 1 aliphatic heterocycles. The van der Waals surface area contributed by atoms with Crippen LogP contribution in [0.5, 0.6) is 0 Å². The summed E-state index contributed by atoms with van der Waals surface area (Å²) in [5, 5.41) is 0.450. The second kappa shape index (κ2) is 9.70. The predicted molar refractivity (Wildman–Crippen MR) is 130 cm³/mol. The van der Waals surface area contributed by atoms with Crippen molar-refractivity contribution in [2.45, 2.75) is 29.1 Å². The summed E-state index contributed by atoms with van der Waals surface area (Å²) in [4.78, 5) is 19.6. The van der Waals surface area contributed by atoms with Crippen LogP contribution in [-0.2, 0) is 21.9 Å². The predicted octanol–water partition coefficient (Wildman–Crippen LogP) is 3.41. The first-order valence-electron chi connectivity index (χ1n) is 10.9. The fourth-order valence-electron chi connectivity index (χ4n) is 3.85. The van der Waals surface area contributed by atoms with Crippen LogP contribution in [0.3, 0.4) is 0 Å². The standard InChI is InChI=1S/C24H28N4O3S2/c1-18-9-11-20(12-10-18)22-17-25-24(26(22)3)32-19(2)23(29)27-13-15-28(16-14-27)33(30,31)21-7-5-4-6-8-21/h4-12,17,19H,13-16H2,1-3H3/t19-/m1/s1. The van der Waals surface area contributed by atoms with Crippen molar-refractivity contribution in [3.63, 3.8) is 0 Å². The van der Waals surface area contributed by atoms with Crippen LogP contribution in [-0.4, -0.2) is 64.5 Å². The zero-order chi connectivity index (χ0) is 23.6. The lowest BCUT2D eigenvalue weighted by atomic mass is 10.1. The number of carbonyl (C=O) groups excluding carboxylic acids is 1. The van der Waals surface area contributed by atoms with E-state index in [1.807, 2.05) is 24.7 Å². The van der Waals surface area contributed by atoms with Crippen molar-refractivity contribution in [3.8, 4) is 11.3 Å². The van der Waals surface area contributed by atoms with Gasteiger partial charge in [-0.15, -0.1) is 0 Å². The first-order valence-corrected chi connectivity index (χ1v) is 13.2. The molecule has 9 heteroatoms. The van der Waals surface area contributed by atoms with Gasteiger partial charge in [-0.3, -0.25) is 4.79 Å². The number of sulfonamides is 1. The second-order valence-electron chi connectivity index (χ2n) is 8.15. The fraction of sp³-hybridized carbons (Fsp3) is 0.333. The van der Waals surface area contributed by atoms with Gasteiger partial charge in [0.05, 0.1) is 22.0 Å². The van der Waals surface area contributed by atoms with Gasteiger partial charge >= 0.3 is 0 Å². The number of piperazine rings is 1. The SMILES string of the molecule is Cc1ccc(-c2cnc(S[C@H](C)C(=O)N3CCN(S(=O)(=O)c4ccccc4)CC3)n2C)cc1. The molecule has 7 nitrogen and oxygen atoms in total. The number of amides is 1. The third-order valence-corrected chi connectivity index (χ3v) is 8.91. The minimum atomic E-state index is -3.54. The number of nitrogens with zero attached hydrogens (tertiary/aromatic N) is 4. The summed E-state index contributed by atoms with van der Waals surface area (Å²) in [5.41, 5.74) is 3.28. The number of hydrogen-bond donors (Lipinski definition) is 0. The zero-order valence-electron chi connectivity index (χ0n) is 19.0. The molecule has 0 N–H and O–H groups in total. The Morgan fingerprint density at radius 1 is 1.00 bits per heavy atom. The van der Waals surface area contributed by atoms with Crippen LogP contribution in [0.2, 0.25) is 0 Å². The van der Waals surface area contributed by atoms with Crippen LogP contribution in [0.25, 0.3) is 11.3 Å². The van der Waals surface area contributed by atoms with Gasteiger partial charge in [-0.05, 0) is 31.5 Å². The highest BCUT2D eigenvalue weighted by molar-refractivity contribution is 8.00. The molecule has 174 valence electrons. The van der Waals surface area contributed by atoms with Crippen molar-refractivity contribution in [1.82, 2.24) is 18.8 Å². The van der Waals surface area contributed by atoms with Gasteiger partial charge in [-0.25, -0.2) is 13.4 Å². The summed E-state index contributed by atoms with van der Waals surface area (Å²) in [6, 6.07) is 16.7. The van der Waals surface area contributed by atoms with E-state index in [-0.39, 0.29) is 16.1 Å². The smallest absolute Gasteiger partial charge is 0.243 e. The van der Waals surface area contributed by atoms with Gasteiger partial charge in [0.15, 0.2) is 5.16 Å². The first-order chi connectivity index (χ1) is 15.8. The monoisotopic (exact) mass is 484 g/mol. The molecule has 3 aromatic rings. The number of benzene rings is 2.